The van der Waals surface area contributed by atoms with Gasteiger partial charge >= 0.3 is 11.1 Å². The summed E-state index contributed by atoms with van der Waals surface area (Å²) >= 11 is 0. The quantitative estimate of drug-likeness (QED) is 0.788. The summed E-state index contributed by atoms with van der Waals surface area (Å²) in [6.45, 7) is 7.70. The summed E-state index contributed by atoms with van der Waals surface area (Å²) in [5, 5.41) is 0. The van der Waals surface area contributed by atoms with Gasteiger partial charge in [-0.25, -0.2) is 0 Å². The first-order chi connectivity index (χ1) is 12.4. The Morgan fingerprint density at radius 1 is 1.23 bits per heavy atom. The average Bonchev–Trinajstić information content (AvgIpc) is 2.96. The molecule has 26 heavy (non-hydrogen) atoms. The monoisotopic (exact) mass is 358 g/mol. The SMILES string of the molecule is CC1CCn2c(=O)c(=O)n(CCCC3COC(C)(C)O3)c3cccc1c32. The van der Waals surface area contributed by atoms with Crippen LogP contribution >= 0.6 is 0 Å². The van der Waals surface area contributed by atoms with Gasteiger partial charge in [0, 0.05) is 13.1 Å². The van der Waals surface area contributed by atoms with E-state index in [-0.39, 0.29) is 6.10 Å². The lowest BCUT2D eigenvalue weighted by atomic mass is 9.93. The number of para-hydroxylation sites is 1. The summed E-state index contributed by atoms with van der Waals surface area (Å²) in [5.74, 6) is -0.133. The molecule has 2 aromatic rings. The number of benzene rings is 1. The molecule has 6 heteroatoms. The Balaban J connectivity index is 1.65. The first-order valence-corrected chi connectivity index (χ1v) is 9.45. The van der Waals surface area contributed by atoms with Crippen LogP contribution in [0.1, 0.15) is 51.5 Å². The van der Waals surface area contributed by atoms with E-state index in [1.165, 1.54) is 0 Å². The molecule has 0 N–H and O–H groups in total. The van der Waals surface area contributed by atoms with Gasteiger partial charge in [-0.2, -0.15) is 0 Å². The van der Waals surface area contributed by atoms with E-state index in [4.69, 9.17) is 9.47 Å². The Hall–Kier alpha value is -1.92. The Bertz CT molecular complexity index is 957. The van der Waals surface area contributed by atoms with E-state index >= 15 is 0 Å². The molecular weight excluding hydrogens is 332 g/mol. The highest BCUT2D eigenvalue weighted by molar-refractivity contribution is 5.80. The lowest BCUT2D eigenvalue weighted by Crippen LogP contribution is -2.43. The number of aromatic nitrogens is 2. The van der Waals surface area contributed by atoms with Crippen LogP contribution < -0.4 is 11.1 Å². The third-order valence-corrected chi connectivity index (χ3v) is 5.57. The molecule has 4 rings (SSSR count). The normalized spacial score (nSPS) is 24.3. The van der Waals surface area contributed by atoms with Gasteiger partial charge in [-0.05, 0) is 50.7 Å². The van der Waals surface area contributed by atoms with Crippen LogP contribution in [0.25, 0.3) is 11.0 Å². The molecule has 2 atom stereocenters. The summed E-state index contributed by atoms with van der Waals surface area (Å²) < 4.78 is 14.7. The lowest BCUT2D eigenvalue weighted by molar-refractivity contribution is -0.139. The van der Waals surface area contributed by atoms with Crippen molar-refractivity contribution in [2.45, 2.75) is 70.9 Å². The smallest absolute Gasteiger partial charge is 0.316 e. The maximum atomic E-state index is 12.7. The molecule has 2 aliphatic rings. The van der Waals surface area contributed by atoms with Gasteiger partial charge in [-0.3, -0.25) is 9.59 Å². The van der Waals surface area contributed by atoms with Crippen molar-refractivity contribution in [2.75, 3.05) is 6.61 Å². The van der Waals surface area contributed by atoms with Crippen molar-refractivity contribution in [1.29, 1.82) is 0 Å². The average molecular weight is 358 g/mol. The summed E-state index contributed by atoms with van der Waals surface area (Å²) in [4.78, 5) is 25.3. The molecule has 2 aliphatic heterocycles. The topological polar surface area (TPSA) is 62.5 Å². The van der Waals surface area contributed by atoms with Gasteiger partial charge in [0.2, 0.25) is 0 Å². The van der Waals surface area contributed by atoms with E-state index in [1.807, 2.05) is 26.0 Å². The van der Waals surface area contributed by atoms with Crippen molar-refractivity contribution in [3.63, 3.8) is 0 Å². The Labute approximate surface area is 152 Å². The molecule has 6 nitrogen and oxygen atoms in total. The van der Waals surface area contributed by atoms with E-state index < -0.39 is 16.9 Å². The predicted molar refractivity (Wildman–Crippen MR) is 99.6 cm³/mol. The van der Waals surface area contributed by atoms with Gasteiger partial charge < -0.3 is 18.6 Å². The summed E-state index contributed by atoms with van der Waals surface area (Å²) in [6, 6.07) is 6.01. The van der Waals surface area contributed by atoms with Crippen molar-refractivity contribution in [3.05, 3.63) is 44.5 Å². The van der Waals surface area contributed by atoms with Crippen molar-refractivity contribution in [2.24, 2.45) is 0 Å². The predicted octanol–water partition coefficient (Wildman–Crippen LogP) is 2.60. The first-order valence-electron chi connectivity index (χ1n) is 9.45. The molecule has 140 valence electrons. The molecule has 0 aliphatic carbocycles. The summed E-state index contributed by atoms with van der Waals surface area (Å²) in [7, 11) is 0. The number of aryl methyl sites for hydroxylation is 2. The maximum Gasteiger partial charge on any atom is 0.316 e. The zero-order valence-corrected chi connectivity index (χ0v) is 15.7. The Kier molecular flexibility index (Phi) is 4.28. The number of hydrogen-bond acceptors (Lipinski definition) is 4. The van der Waals surface area contributed by atoms with Gasteiger partial charge in [0.1, 0.15) is 0 Å². The highest BCUT2D eigenvalue weighted by Gasteiger charge is 2.32. The van der Waals surface area contributed by atoms with Crippen LogP contribution in [0, 0.1) is 0 Å². The fourth-order valence-corrected chi connectivity index (χ4v) is 4.20. The van der Waals surface area contributed by atoms with Crippen LogP contribution in [-0.4, -0.2) is 27.6 Å². The van der Waals surface area contributed by atoms with Crippen molar-refractivity contribution >= 4 is 11.0 Å². The second-order valence-electron chi connectivity index (χ2n) is 7.91. The van der Waals surface area contributed by atoms with E-state index in [9.17, 15) is 9.59 Å². The lowest BCUT2D eigenvalue weighted by Gasteiger charge is -2.25. The molecule has 1 fully saturated rings. The van der Waals surface area contributed by atoms with Crippen LogP contribution in [0.4, 0.5) is 0 Å². The van der Waals surface area contributed by atoms with E-state index in [2.05, 4.69) is 13.0 Å². The van der Waals surface area contributed by atoms with Gasteiger partial charge in [0.15, 0.2) is 5.79 Å². The Morgan fingerprint density at radius 3 is 2.77 bits per heavy atom. The van der Waals surface area contributed by atoms with Crippen LogP contribution in [0.5, 0.6) is 0 Å². The highest BCUT2D eigenvalue weighted by atomic mass is 16.7. The van der Waals surface area contributed by atoms with Crippen molar-refractivity contribution < 1.29 is 9.47 Å². The minimum atomic E-state index is -0.531. The van der Waals surface area contributed by atoms with Crippen molar-refractivity contribution in [1.82, 2.24) is 9.13 Å². The maximum absolute atomic E-state index is 12.7. The first kappa shape index (κ1) is 17.5. The second kappa shape index (κ2) is 6.35. The molecule has 0 radical (unpaired) electrons. The minimum Gasteiger partial charge on any atom is -0.348 e. The molecule has 0 amide bonds. The van der Waals surface area contributed by atoms with Gasteiger partial charge in [-0.15, -0.1) is 0 Å². The van der Waals surface area contributed by atoms with Crippen LogP contribution in [-0.2, 0) is 22.6 Å². The number of rotatable bonds is 4. The summed E-state index contributed by atoms with van der Waals surface area (Å²) in [5.41, 5.74) is 2.13. The fourth-order valence-electron chi connectivity index (χ4n) is 4.20. The van der Waals surface area contributed by atoms with Crippen LogP contribution in [0.2, 0.25) is 0 Å². The molecule has 2 unspecified atom stereocenters. The minimum absolute atomic E-state index is 0.0433. The van der Waals surface area contributed by atoms with Crippen LogP contribution in [0.3, 0.4) is 0 Å². The zero-order valence-electron chi connectivity index (χ0n) is 15.7. The fraction of sp³-hybridized carbons (Fsp3) is 0.600. The van der Waals surface area contributed by atoms with E-state index in [0.717, 1.165) is 35.9 Å². The Morgan fingerprint density at radius 2 is 2.04 bits per heavy atom. The molecule has 3 heterocycles. The molecule has 0 spiro atoms. The molecule has 0 saturated carbocycles. The van der Waals surface area contributed by atoms with E-state index in [0.29, 0.717) is 25.6 Å². The third kappa shape index (κ3) is 2.91. The molecule has 1 saturated heterocycles. The molecule has 0 bridgehead atoms. The van der Waals surface area contributed by atoms with E-state index in [1.54, 1.807) is 9.13 Å². The molecule has 1 aromatic heterocycles. The number of ether oxygens (including phenoxy) is 2. The number of hydrogen-bond donors (Lipinski definition) is 0. The molecular formula is C20H26N2O4. The number of nitrogens with zero attached hydrogens (tertiary/aromatic N) is 2. The highest BCUT2D eigenvalue weighted by Crippen LogP contribution is 2.31. The standard InChI is InChI=1S/C20H26N2O4/c1-13-9-11-22-17-15(13)7-4-8-16(17)21(18(23)19(22)24)10-5-6-14-12-25-20(2,3)26-14/h4,7-8,13-14H,5-6,9-12H2,1-3H3. The third-order valence-electron chi connectivity index (χ3n) is 5.57. The van der Waals surface area contributed by atoms with Gasteiger partial charge in [-0.1, -0.05) is 19.1 Å². The summed E-state index contributed by atoms with van der Waals surface area (Å²) in [6.07, 6.45) is 2.50. The van der Waals surface area contributed by atoms with Gasteiger partial charge in [0.25, 0.3) is 0 Å². The zero-order chi connectivity index (χ0) is 18.5. The largest absolute Gasteiger partial charge is 0.348 e. The van der Waals surface area contributed by atoms with Crippen LogP contribution in [0.15, 0.2) is 27.8 Å². The van der Waals surface area contributed by atoms with Crippen molar-refractivity contribution in [3.8, 4) is 0 Å². The second-order valence-corrected chi connectivity index (χ2v) is 7.91. The molecule has 1 aromatic carbocycles. The van der Waals surface area contributed by atoms with Gasteiger partial charge in [0.05, 0.1) is 23.7 Å².